The van der Waals surface area contributed by atoms with Crippen molar-refractivity contribution in [1.29, 1.82) is 0 Å². The summed E-state index contributed by atoms with van der Waals surface area (Å²) in [5.41, 5.74) is 1.08. The Morgan fingerprint density at radius 1 is 1.26 bits per heavy atom. The number of anilines is 1. The highest BCUT2D eigenvalue weighted by molar-refractivity contribution is 7.89. The third-order valence-corrected chi connectivity index (χ3v) is 6.03. The average molecular weight is 403 g/mol. The van der Waals surface area contributed by atoms with E-state index in [1.165, 1.54) is 41.7 Å². The van der Waals surface area contributed by atoms with Crippen LogP contribution in [-0.2, 0) is 10.0 Å². The van der Waals surface area contributed by atoms with Crippen LogP contribution >= 0.6 is 11.3 Å². The van der Waals surface area contributed by atoms with Crippen LogP contribution in [0.1, 0.15) is 10.4 Å². The first-order valence-corrected chi connectivity index (χ1v) is 10.2. The van der Waals surface area contributed by atoms with Gasteiger partial charge in [0.1, 0.15) is 5.75 Å². The van der Waals surface area contributed by atoms with Crippen molar-refractivity contribution < 1.29 is 17.9 Å². The maximum absolute atomic E-state index is 12.4. The van der Waals surface area contributed by atoms with E-state index in [4.69, 9.17) is 4.74 Å². The Bertz CT molecular complexity index is 1090. The summed E-state index contributed by atoms with van der Waals surface area (Å²) >= 11 is 1.33. The molecule has 0 atom stereocenters. The Hall–Kier alpha value is -2.75. The van der Waals surface area contributed by atoms with E-state index >= 15 is 0 Å². The molecule has 0 radical (unpaired) electrons. The summed E-state index contributed by atoms with van der Waals surface area (Å²) in [6, 6.07) is 11.1. The lowest BCUT2D eigenvalue weighted by atomic mass is 10.2. The summed E-state index contributed by atoms with van der Waals surface area (Å²) in [6.07, 6.45) is 1.45. The molecule has 0 fully saturated rings. The number of aromatic nitrogens is 1. The van der Waals surface area contributed by atoms with Crippen molar-refractivity contribution >= 4 is 42.6 Å². The monoisotopic (exact) mass is 403 g/mol. The van der Waals surface area contributed by atoms with Crippen molar-refractivity contribution in [3.8, 4) is 5.75 Å². The van der Waals surface area contributed by atoms with Crippen LogP contribution in [0.4, 0.5) is 5.13 Å². The Balaban J connectivity index is 1.75. The molecule has 0 saturated heterocycles. The van der Waals surface area contributed by atoms with Crippen LogP contribution < -0.4 is 14.8 Å². The molecule has 2 N–H and O–H groups in total. The number of hydrogen-bond donors (Lipinski definition) is 2. The first-order chi connectivity index (χ1) is 12.9. The molecule has 0 bridgehead atoms. The molecule has 1 amide bonds. The van der Waals surface area contributed by atoms with Crippen LogP contribution in [0.25, 0.3) is 10.2 Å². The van der Waals surface area contributed by atoms with Crippen LogP contribution in [-0.4, -0.2) is 33.0 Å². The van der Waals surface area contributed by atoms with Gasteiger partial charge in [-0.2, -0.15) is 0 Å². The molecule has 0 spiro atoms. The summed E-state index contributed by atoms with van der Waals surface area (Å²) in [7, 11) is -2.04. The van der Waals surface area contributed by atoms with Gasteiger partial charge in [-0.3, -0.25) is 10.1 Å². The third-order valence-electron chi connectivity index (χ3n) is 3.66. The molecule has 3 aromatic rings. The van der Waals surface area contributed by atoms with Crippen LogP contribution in [0.2, 0.25) is 0 Å². The van der Waals surface area contributed by atoms with Crippen molar-refractivity contribution in [1.82, 2.24) is 9.71 Å². The number of sulfonamides is 1. The quantitative estimate of drug-likeness (QED) is 0.591. The highest BCUT2D eigenvalue weighted by Crippen LogP contribution is 2.29. The maximum Gasteiger partial charge on any atom is 0.257 e. The summed E-state index contributed by atoms with van der Waals surface area (Å²) in [5.74, 6) is 0.343. The van der Waals surface area contributed by atoms with Gasteiger partial charge in [-0.05, 0) is 42.5 Å². The minimum atomic E-state index is -3.62. The molecule has 0 aliphatic carbocycles. The number of rotatable bonds is 7. The Morgan fingerprint density at radius 3 is 2.67 bits per heavy atom. The molecule has 7 nitrogen and oxygen atoms in total. The van der Waals surface area contributed by atoms with E-state index in [1.807, 2.05) is 12.1 Å². The van der Waals surface area contributed by atoms with Gasteiger partial charge in [0.2, 0.25) is 10.0 Å². The number of carbonyl (C=O) groups is 1. The van der Waals surface area contributed by atoms with E-state index in [9.17, 15) is 13.2 Å². The third kappa shape index (κ3) is 4.33. The summed E-state index contributed by atoms with van der Waals surface area (Å²) in [4.78, 5) is 16.8. The standard InChI is InChI=1S/C18H17N3O4S2/c1-3-10-19-27(23,24)14-7-4-12(5-8-14)17(22)21-18-20-15-9-6-13(25-2)11-16(15)26-18/h3-9,11,19H,1,10H2,2H3,(H,20,21,22). The molecular formula is C18H17N3O4S2. The molecule has 0 aliphatic heterocycles. The largest absolute Gasteiger partial charge is 0.497 e. The predicted octanol–water partition coefficient (Wildman–Crippen LogP) is 3.02. The summed E-state index contributed by atoms with van der Waals surface area (Å²) in [6.45, 7) is 3.60. The molecule has 9 heteroatoms. The van der Waals surface area contributed by atoms with Crippen LogP contribution in [0.15, 0.2) is 60.0 Å². The van der Waals surface area contributed by atoms with Gasteiger partial charge in [0.05, 0.1) is 22.2 Å². The molecule has 2 aromatic carbocycles. The van der Waals surface area contributed by atoms with Gasteiger partial charge in [0.25, 0.3) is 5.91 Å². The number of hydrogen-bond acceptors (Lipinski definition) is 6. The van der Waals surface area contributed by atoms with Gasteiger partial charge in [-0.1, -0.05) is 17.4 Å². The second-order valence-corrected chi connectivity index (χ2v) is 8.27. The number of benzene rings is 2. The van der Waals surface area contributed by atoms with Crippen molar-refractivity contribution in [3.05, 3.63) is 60.7 Å². The van der Waals surface area contributed by atoms with E-state index in [1.54, 1.807) is 13.2 Å². The van der Waals surface area contributed by atoms with Crippen LogP contribution in [0.3, 0.4) is 0 Å². The fourth-order valence-corrected chi connectivity index (χ4v) is 4.18. The molecule has 0 saturated carbocycles. The lowest BCUT2D eigenvalue weighted by Gasteiger charge is -2.06. The number of nitrogens with one attached hydrogen (secondary N) is 2. The maximum atomic E-state index is 12.4. The van der Waals surface area contributed by atoms with Gasteiger partial charge in [0.15, 0.2) is 5.13 Å². The highest BCUT2D eigenvalue weighted by Gasteiger charge is 2.15. The van der Waals surface area contributed by atoms with Gasteiger partial charge in [-0.25, -0.2) is 18.1 Å². The zero-order valence-corrected chi connectivity index (χ0v) is 16.1. The van der Waals surface area contributed by atoms with E-state index in [0.717, 1.165) is 10.2 Å². The smallest absolute Gasteiger partial charge is 0.257 e. The van der Waals surface area contributed by atoms with Crippen LogP contribution in [0, 0.1) is 0 Å². The topological polar surface area (TPSA) is 97.4 Å². The zero-order chi connectivity index (χ0) is 19.4. The van der Waals surface area contributed by atoms with Crippen molar-refractivity contribution in [2.45, 2.75) is 4.90 Å². The minimum Gasteiger partial charge on any atom is -0.497 e. The lowest BCUT2D eigenvalue weighted by molar-refractivity contribution is 0.102. The number of ether oxygens (including phenoxy) is 1. The van der Waals surface area contributed by atoms with Crippen molar-refractivity contribution in [3.63, 3.8) is 0 Å². The van der Waals surface area contributed by atoms with Gasteiger partial charge < -0.3 is 4.74 Å². The first kappa shape index (κ1) is 19.0. The van der Waals surface area contributed by atoms with Crippen LogP contribution in [0.5, 0.6) is 5.75 Å². The van der Waals surface area contributed by atoms with Gasteiger partial charge in [0, 0.05) is 12.1 Å². The fourth-order valence-electron chi connectivity index (χ4n) is 2.29. The molecule has 0 unspecified atom stereocenters. The van der Waals surface area contributed by atoms with E-state index in [-0.39, 0.29) is 17.3 Å². The highest BCUT2D eigenvalue weighted by atomic mass is 32.2. The SMILES string of the molecule is C=CCNS(=O)(=O)c1ccc(C(=O)Nc2nc3ccc(OC)cc3s2)cc1. The number of carbonyl (C=O) groups excluding carboxylic acids is 1. The minimum absolute atomic E-state index is 0.0768. The summed E-state index contributed by atoms with van der Waals surface area (Å²) < 4.78 is 32.5. The van der Waals surface area contributed by atoms with E-state index in [2.05, 4.69) is 21.6 Å². The number of nitrogens with zero attached hydrogens (tertiary/aromatic N) is 1. The second-order valence-electron chi connectivity index (χ2n) is 5.47. The van der Waals surface area contributed by atoms with E-state index in [0.29, 0.717) is 16.4 Å². The van der Waals surface area contributed by atoms with Gasteiger partial charge >= 0.3 is 0 Å². The predicted molar refractivity (Wildman–Crippen MR) is 106 cm³/mol. The molecule has 27 heavy (non-hydrogen) atoms. The molecule has 140 valence electrons. The van der Waals surface area contributed by atoms with Crippen molar-refractivity contribution in [2.24, 2.45) is 0 Å². The first-order valence-electron chi connectivity index (χ1n) is 7.89. The second kappa shape index (κ2) is 7.87. The zero-order valence-electron chi connectivity index (χ0n) is 14.4. The molecule has 1 aromatic heterocycles. The molecule has 3 rings (SSSR count). The number of fused-ring (bicyclic) bond motifs is 1. The Kier molecular flexibility index (Phi) is 5.54. The average Bonchev–Trinajstić information content (AvgIpc) is 3.07. The Morgan fingerprint density at radius 2 is 2.00 bits per heavy atom. The van der Waals surface area contributed by atoms with E-state index < -0.39 is 10.0 Å². The molecule has 0 aliphatic rings. The lowest BCUT2D eigenvalue weighted by Crippen LogP contribution is -2.23. The molecular weight excluding hydrogens is 386 g/mol. The molecule has 1 heterocycles. The fraction of sp³-hybridized carbons (Fsp3) is 0.111. The Labute approximate surface area is 160 Å². The number of amides is 1. The van der Waals surface area contributed by atoms with Gasteiger partial charge in [-0.15, -0.1) is 6.58 Å². The number of methoxy groups -OCH3 is 1. The van der Waals surface area contributed by atoms with Crippen molar-refractivity contribution in [2.75, 3.05) is 19.0 Å². The normalized spacial score (nSPS) is 11.3. The number of thiazole rings is 1. The summed E-state index contributed by atoms with van der Waals surface area (Å²) in [5, 5.41) is 3.18.